The number of aliphatic hydroxyl groups is 1. The molecular weight excluding hydrogens is 193 g/mol. The normalized spacial score (nSPS) is 12.9. The van der Waals surface area contributed by atoms with Crippen LogP contribution in [-0.2, 0) is 0 Å². The highest BCUT2D eigenvalue weighted by atomic mass is 35.5. The molecular formula is C9H11ClFNO. The number of hydrogen-bond donors (Lipinski definition) is 2. The largest absolute Gasteiger partial charge is 0.388 e. The molecule has 4 heteroatoms. The van der Waals surface area contributed by atoms with Gasteiger partial charge in [0.1, 0.15) is 5.82 Å². The molecule has 0 amide bonds. The molecule has 0 bridgehead atoms. The maximum atomic E-state index is 12.6. The summed E-state index contributed by atoms with van der Waals surface area (Å²) in [5.74, 6) is -0.409. The second kappa shape index (κ2) is 4.56. The molecule has 0 aromatic heterocycles. The number of nitrogens with two attached hydrogens (primary N) is 1. The lowest BCUT2D eigenvalue weighted by Crippen LogP contribution is -2.07. The Morgan fingerprint density at radius 2 is 2.23 bits per heavy atom. The molecule has 1 aromatic rings. The molecule has 0 radical (unpaired) electrons. The second-order valence-electron chi connectivity index (χ2n) is 2.76. The van der Waals surface area contributed by atoms with Gasteiger partial charge in [-0.15, -0.1) is 0 Å². The molecule has 1 atom stereocenters. The molecule has 0 aliphatic rings. The Morgan fingerprint density at radius 1 is 1.54 bits per heavy atom. The Morgan fingerprint density at radius 3 is 2.77 bits per heavy atom. The van der Waals surface area contributed by atoms with Crippen molar-refractivity contribution >= 4 is 11.6 Å². The van der Waals surface area contributed by atoms with Gasteiger partial charge in [0.2, 0.25) is 0 Å². The number of rotatable bonds is 3. The van der Waals surface area contributed by atoms with Crippen LogP contribution >= 0.6 is 11.6 Å². The molecule has 72 valence electrons. The Bertz CT molecular complexity index is 293. The first-order valence-electron chi connectivity index (χ1n) is 3.98. The number of benzene rings is 1. The van der Waals surface area contributed by atoms with Crippen LogP contribution < -0.4 is 5.73 Å². The van der Waals surface area contributed by atoms with Crippen LogP contribution in [0.2, 0.25) is 5.02 Å². The summed E-state index contributed by atoms with van der Waals surface area (Å²) >= 11 is 5.72. The molecule has 1 aromatic carbocycles. The van der Waals surface area contributed by atoms with E-state index in [1.807, 2.05) is 0 Å². The summed E-state index contributed by atoms with van der Waals surface area (Å²) in [4.78, 5) is 0. The average molecular weight is 204 g/mol. The highest BCUT2D eigenvalue weighted by Crippen LogP contribution is 2.25. The maximum absolute atomic E-state index is 12.6. The number of halogens is 2. The summed E-state index contributed by atoms with van der Waals surface area (Å²) in [7, 11) is 0. The fourth-order valence-corrected chi connectivity index (χ4v) is 1.38. The minimum absolute atomic E-state index is 0.237. The number of hydrogen-bond acceptors (Lipinski definition) is 2. The zero-order valence-corrected chi connectivity index (χ0v) is 7.76. The van der Waals surface area contributed by atoms with Crippen molar-refractivity contribution in [2.75, 3.05) is 6.54 Å². The Kier molecular flexibility index (Phi) is 3.66. The molecule has 0 saturated heterocycles. The van der Waals surface area contributed by atoms with Crippen LogP contribution in [0.25, 0.3) is 0 Å². The SMILES string of the molecule is NCC[C@@H](O)c1ccc(F)cc1Cl. The van der Waals surface area contributed by atoms with Gasteiger partial charge < -0.3 is 10.8 Å². The van der Waals surface area contributed by atoms with Crippen molar-refractivity contribution in [3.05, 3.63) is 34.6 Å². The smallest absolute Gasteiger partial charge is 0.124 e. The molecule has 0 unspecified atom stereocenters. The van der Waals surface area contributed by atoms with Crippen LogP contribution in [0.3, 0.4) is 0 Å². The van der Waals surface area contributed by atoms with Crippen LogP contribution in [0.15, 0.2) is 18.2 Å². The zero-order valence-electron chi connectivity index (χ0n) is 7.00. The predicted molar refractivity (Wildman–Crippen MR) is 50.0 cm³/mol. The Labute approximate surface area is 81.1 Å². The monoisotopic (exact) mass is 203 g/mol. The van der Waals surface area contributed by atoms with Crippen molar-refractivity contribution in [1.29, 1.82) is 0 Å². The third-order valence-corrected chi connectivity index (χ3v) is 2.09. The fourth-order valence-electron chi connectivity index (χ4n) is 1.09. The molecule has 1 rings (SSSR count). The summed E-state index contributed by atoms with van der Waals surface area (Å²) < 4.78 is 12.6. The van der Waals surface area contributed by atoms with E-state index in [2.05, 4.69) is 0 Å². The van der Waals surface area contributed by atoms with Gasteiger partial charge in [-0.25, -0.2) is 4.39 Å². The van der Waals surface area contributed by atoms with Gasteiger partial charge in [0.15, 0.2) is 0 Å². The highest BCUT2D eigenvalue weighted by Gasteiger charge is 2.10. The molecule has 0 spiro atoms. The Hall–Kier alpha value is -0.640. The van der Waals surface area contributed by atoms with Gasteiger partial charge in [0.05, 0.1) is 6.10 Å². The highest BCUT2D eigenvalue weighted by molar-refractivity contribution is 6.31. The molecule has 2 nitrogen and oxygen atoms in total. The van der Waals surface area contributed by atoms with Crippen LogP contribution in [0.1, 0.15) is 18.1 Å². The van der Waals surface area contributed by atoms with E-state index in [0.717, 1.165) is 0 Å². The molecule has 0 saturated carbocycles. The van der Waals surface area contributed by atoms with Crippen LogP contribution in [0.5, 0.6) is 0 Å². The van der Waals surface area contributed by atoms with Gasteiger partial charge in [-0.2, -0.15) is 0 Å². The first-order chi connectivity index (χ1) is 6.15. The predicted octanol–water partition coefficient (Wildman–Crippen LogP) is 1.86. The lowest BCUT2D eigenvalue weighted by atomic mass is 10.1. The fraction of sp³-hybridized carbons (Fsp3) is 0.333. The summed E-state index contributed by atoms with van der Waals surface area (Å²) in [5.41, 5.74) is 5.79. The standard InChI is InChI=1S/C9H11ClFNO/c10-8-5-6(11)1-2-7(8)9(13)3-4-12/h1-2,5,9,13H,3-4,12H2/t9-/m1/s1. The molecule has 0 fully saturated rings. The second-order valence-corrected chi connectivity index (χ2v) is 3.17. The summed E-state index contributed by atoms with van der Waals surface area (Å²) in [6, 6.07) is 3.91. The minimum Gasteiger partial charge on any atom is -0.388 e. The van der Waals surface area contributed by atoms with Crippen LogP contribution in [0, 0.1) is 5.82 Å². The van der Waals surface area contributed by atoms with E-state index in [0.29, 0.717) is 18.5 Å². The lowest BCUT2D eigenvalue weighted by Gasteiger charge is -2.10. The third-order valence-electron chi connectivity index (χ3n) is 1.76. The minimum atomic E-state index is -0.710. The van der Waals surface area contributed by atoms with Crippen molar-refractivity contribution in [2.45, 2.75) is 12.5 Å². The van der Waals surface area contributed by atoms with Crippen molar-refractivity contribution < 1.29 is 9.50 Å². The van der Waals surface area contributed by atoms with Crippen LogP contribution in [0.4, 0.5) is 4.39 Å². The topological polar surface area (TPSA) is 46.2 Å². The van der Waals surface area contributed by atoms with Gasteiger partial charge in [-0.3, -0.25) is 0 Å². The summed E-state index contributed by atoms with van der Waals surface area (Å²) in [6.07, 6.45) is -0.288. The van der Waals surface area contributed by atoms with Gasteiger partial charge in [0.25, 0.3) is 0 Å². The quantitative estimate of drug-likeness (QED) is 0.788. The first kappa shape index (κ1) is 10.4. The van der Waals surface area contributed by atoms with E-state index in [1.165, 1.54) is 18.2 Å². The van der Waals surface area contributed by atoms with Crippen molar-refractivity contribution in [3.8, 4) is 0 Å². The van der Waals surface area contributed by atoms with Gasteiger partial charge in [-0.1, -0.05) is 17.7 Å². The summed E-state index contributed by atoms with van der Waals surface area (Å²) in [5, 5.41) is 9.74. The van der Waals surface area contributed by atoms with E-state index in [1.54, 1.807) is 0 Å². The van der Waals surface area contributed by atoms with E-state index in [-0.39, 0.29) is 5.02 Å². The molecule has 0 heterocycles. The summed E-state index contributed by atoms with van der Waals surface area (Å²) in [6.45, 7) is 0.370. The van der Waals surface area contributed by atoms with Crippen LogP contribution in [-0.4, -0.2) is 11.7 Å². The van der Waals surface area contributed by atoms with Gasteiger partial charge in [-0.05, 0) is 30.7 Å². The van der Waals surface area contributed by atoms with Gasteiger partial charge in [0, 0.05) is 5.02 Å². The molecule has 3 N–H and O–H groups in total. The Balaban J connectivity index is 2.88. The van der Waals surface area contributed by atoms with E-state index >= 15 is 0 Å². The maximum Gasteiger partial charge on any atom is 0.124 e. The molecule has 0 aliphatic carbocycles. The average Bonchev–Trinajstić information content (AvgIpc) is 2.04. The van der Waals surface area contributed by atoms with Crippen molar-refractivity contribution in [1.82, 2.24) is 0 Å². The van der Waals surface area contributed by atoms with Crippen molar-refractivity contribution in [2.24, 2.45) is 5.73 Å². The zero-order chi connectivity index (χ0) is 9.84. The van der Waals surface area contributed by atoms with E-state index in [9.17, 15) is 9.50 Å². The van der Waals surface area contributed by atoms with Crippen molar-refractivity contribution in [3.63, 3.8) is 0 Å². The molecule has 13 heavy (non-hydrogen) atoms. The van der Waals surface area contributed by atoms with E-state index in [4.69, 9.17) is 17.3 Å². The van der Waals surface area contributed by atoms with Gasteiger partial charge >= 0.3 is 0 Å². The first-order valence-corrected chi connectivity index (χ1v) is 4.36. The number of aliphatic hydroxyl groups excluding tert-OH is 1. The third kappa shape index (κ3) is 2.66. The van der Waals surface area contributed by atoms with E-state index < -0.39 is 11.9 Å². The lowest BCUT2D eigenvalue weighted by molar-refractivity contribution is 0.170. The molecule has 0 aliphatic heterocycles.